The molecular weight excluding hydrogens is 366 g/mol. The van der Waals surface area contributed by atoms with Crippen molar-refractivity contribution in [1.29, 1.82) is 0 Å². The van der Waals surface area contributed by atoms with E-state index in [-0.39, 0.29) is 42.7 Å². The first-order chi connectivity index (χ1) is 11.3. The Balaban J connectivity index is 0.00000225. The number of carbonyl (C=O) groups excluding carboxylic acids is 1. The molecule has 0 aromatic carbocycles. The molecule has 142 valence electrons. The van der Waals surface area contributed by atoms with Crippen LogP contribution in [0.1, 0.15) is 48.4 Å². The molecular formula is C16H26ClN3O4S. The minimum absolute atomic E-state index is 0. The lowest BCUT2D eigenvalue weighted by Gasteiger charge is -2.45. The molecule has 0 saturated heterocycles. The molecule has 0 radical (unpaired) electrons. The quantitative estimate of drug-likeness (QED) is 0.701. The first-order valence-electron chi connectivity index (χ1n) is 8.41. The third-order valence-electron chi connectivity index (χ3n) is 5.07. The summed E-state index contributed by atoms with van der Waals surface area (Å²) in [6, 6.07) is 3.60. The Morgan fingerprint density at radius 1 is 1.28 bits per heavy atom. The van der Waals surface area contributed by atoms with Gasteiger partial charge in [0.25, 0.3) is 5.91 Å². The molecule has 2 unspecified atom stereocenters. The zero-order chi connectivity index (χ0) is 17.3. The van der Waals surface area contributed by atoms with Gasteiger partial charge in [-0.05, 0) is 49.7 Å². The third-order valence-corrected chi connectivity index (χ3v) is 5.74. The van der Waals surface area contributed by atoms with Crippen LogP contribution in [0.4, 0.5) is 0 Å². The van der Waals surface area contributed by atoms with Crippen molar-refractivity contribution < 1.29 is 17.6 Å². The topological polar surface area (TPSA) is 114 Å². The molecule has 2 fully saturated rings. The molecule has 4 N–H and O–H groups in total. The van der Waals surface area contributed by atoms with E-state index in [1.54, 1.807) is 12.1 Å². The van der Waals surface area contributed by atoms with Crippen LogP contribution < -0.4 is 15.8 Å². The molecule has 2 aliphatic rings. The van der Waals surface area contributed by atoms with Crippen molar-refractivity contribution >= 4 is 28.3 Å². The van der Waals surface area contributed by atoms with Crippen LogP contribution >= 0.6 is 12.4 Å². The molecule has 2 saturated carbocycles. The maximum absolute atomic E-state index is 12.5. The van der Waals surface area contributed by atoms with E-state index in [1.165, 1.54) is 6.42 Å². The second-order valence-electron chi connectivity index (χ2n) is 7.04. The lowest BCUT2D eigenvalue weighted by Crippen LogP contribution is -2.53. The molecule has 1 heterocycles. The Hall–Kier alpha value is -1.09. The number of carbonyl (C=O) groups is 1. The molecule has 2 aliphatic carbocycles. The van der Waals surface area contributed by atoms with Gasteiger partial charge in [-0.1, -0.05) is 6.42 Å². The molecule has 2 bridgehead atoms. The number of nitrogens with one attached hydrogen (secondary N) is 2. The molecule has 7 nitrogen and oxygen atoms in total. The van der Waals surface area contributed by atoms with Crippen LogP contribution in [0.5, 0.6) is 0 Å². The van der Waals surface area contributed by atoms with Crippen molar-refractivity contribution in [3.05, 3.63) is 23.7 Å². The highest BCUT2D eigenvalue weighted by Gasteiger charge is 2.40. The summed E-state index contributed by atoms with van der Waals surface area (Å²) < 4.78 is 30.0. The SMILES string of the molecule is CS(=O)(=O)NCc1ccc(C(=O)NC2C3CCCC2CC(N)C3)o1.Cl. The van der Waals surface area contributed by atoms with E-state index in [2.05, 4.69) is 10.0 Å². The van der Waals surface area contributed by atoms with Crippen molar-refractivity contribution in [2.45, 2.75) is 50.7 Å². The predicted octanol–water partition coefficient (Wildman–Crippen LogP) is 1.39. The average molecular weight is 392 g/mol. The summed E-state index contributed by atoms with van der Waals surface area (Å²) in [6.45, 7) is 0.0373. The van der Waals surface area contributed by atoms with Crippen LogP contribution in [0.3, 0.4) is 0 Å². The van der Waals surface area contributed by atoms with Crippen LogP contribution in [0.25, 0.3) is 0 Å². The molecule has 25 heavy (non-hydrogen) atoms. The Morgan fingerprint density at radius 2 is 1.92 bits per heavy atom. The van der Waals surface area contributed by atoms with Gasteiger partial charge < -0.3 is 15.5 Å². The van der Waals surface area contributed by atoms with Crippen molar-refractivity contribution in [2.75, 3.05) is 6.26 Å². The number of rotatable bonds is 5. The Labute approximate surface area is 154 Å². The Bertz CT molecular complexity index is 692. The summed E-state index contributed by atoms with van der Waals surface area (Å²) in [5, 5.41) is 3.12. The van der Waals surface area contributed by atoms with Gasteiger partial charge in [0.05, 0.1) is 12.8 Å². The highest BCUT2D eigenvalue weighted by atomic mass is 35.5. The smallest absolute Gasteiger partial charge is 0.287 e. The molecule has 0 aliphatic heterocycles. The average Bonchev–Trinajstić information content (AvgIpc) is 2.94. The minimum atomic E-state index is -3.29. The van der Waals surface area contributed by atoms with E-state index in [4.69, 9.17) is 10.2 Å². The maximum atomic E-state index is 12.5. The van der Waals surface area contributed by atoms with E-state index in [0.717, 1.165) is 31.9 Å². The summed E-state index contributed by atoms with van der Waals surface area (Å²) in [5.74, 6) is 1.28. The van der Waals surface area contributed by atoms with Crippen molar-refractivity contribution in [3.63, 3.8) is 0 Å². The lowest BCUT2D eigenvalue weighted by molar-refractivity contribution is 0.0731. The molecule has 0 spiro atoms. The highest BCUT2D eigenvalue weighted by molar-refractivity contribution is 7.88. The first kappa shape index (κ1) is 20.2. The number of sulfonamides is 1. The first-order valence-corrected chi connectivity index (χ1v) is 10.3. The van der Waals surface area contributed by atoms with Gasteiger partial charge in [0.1, 0.15) is 5.76 Å². The standard InChI is InChI=1S/C16H25N3O4S.ClH/c1-24(21,22)18-9-13-5-6-14(23-13)16(20)19-15-10-3-2-4-11(15)8-12(17)7-10;/h5-6,10-12,15,18H,2-4,7-9,17H2,1H3,(H,19,20);1H. The summed E-state index contributed by atoms with van der Waals surface area (Å²) in [5.41, 5.74) is 6.11. The van der Waals surface area contributed by atoms with E-state index < -0.39 is 10.0 Å². The van der Waals surface area contributed by atoms with Gasteiger partial charge >= 0.3 is 0 Å². The van der Waals surface area contributed by atoms with Crippen LogP contribution in [0, 0.1) is 11.8 Å². The van der Waals surface area contributed by atoms with Gasteiger partial charge in [0.15, 0.2) is 5.76 Å². The zero-order valence-corrected chi connectivity index (χ0v) is 15.9. The fourth-order valence-electron chi connectivity index (χ4n) is 4.04. The second-order valence-corrected chi connectivity index (χ2v) is 8.87. The molecule has 3 rings (SSSR count). The summed E-state index contributed by atoms with van der Waals surface area (Å²) >= 11 is 0. The highest BCUT2D eigenvalue weighted by Crippen LogP contribution is 2.39. The van der Waals surface area contributed by atoms with E-state index in [1.807, 2.05) is 0 Å². The number of hydrogen-bond acceptors (Lipinski definition) is 5. The van der Waals surface area contributed by atoms with Gasteiger partial charge in [-0.25, -0.2) is 13.1 Å². The second kappa shape index (κ2) is 8.07. The van der Waals surface area contributed by atoms with Crippen molar-refractivity contribution in [2.24, 2.45) is 17.6 Å². The summed E-state index contributed by atoms with van der Waals surface area (Å²) in [6.07, 6.45) is 6.42. The number of fused-ring (bicyclic) bond motifs is 2. The molecule has 9 heteroatoms. The number of nitrogens with two attached hydrogens (primary N) is 1. The number of hydrogen-bond donors (Lipinski definition) is 3. The number of amides is 1. The van der Waals surface area contributed by atoms with E-state index >= 15 is 0 Å². The van der Waals surface area contributed by atoms with Crippen LogP contribution in [-0.4, -0.2) is 32.7 Å². The van der Waals surface area contributed by atoms with Gasteiger partial charge in [-0.15, -0.1) is 12.4 Å². The molecule has 1 amide bonds. The van der Waals surface area contributed by atoms with Gasteiger partial charge in [-0.3, -0.25) is 4.79 Å². The molecule has 2 atom stereocenters. The number of halogens is 1. The van der Waals surface area contributed by atoms with Crippen molar-refractivity contribution in [1.82, 2.24) is 10.0 Å². The summed E-state index contributed by atoms with van der Waals surface area (Å²) in [4.78, 5) is 12.5. The van der Waals surface area contributed by atoms with Crippen LogP contribution in [0.2, 0.25) is 0 Å². The Morgan fingerprint density at radius 3 is 2.52 bits per heavy atom. The Kier molecular flexibility index (Phi) is 6.53. The van der Waals surface area contributed by atoms with E-state index in [9.17, 15) is 13.2 Å². The largest absolute Gasteiger partial charge is 0.455 e. The summed E-state index contributed by atoms with van der Waals surface area (Å²) in [7, 11) is -3.29. The van der Waals surface area contributed by atoms with Gasteiger partial charge in [0.2, 0.25) is 10.0 Å². The normalized spacial score (nSPS) is 28.9. The van der Waals surface area contributed by atoms with Crippen LogP contribution in [0.15, 0.2) is 16.5 Å². The minimum Gasteiger partial charge on any atom is -0.455 e. The van der Waals surface area contributed by atoms with Gasteiger partial charge in [-0.2, -0.15) is 0 Å². The maximum Gasteiger partial charge on any atom is 0.287 e. The van der Waals surface area contributed by atoms with Crippen LogP contribution in [-0.2, 0) is 16.6 Å². The molecule has 1 aromatic rings. The van der Waals surface area contributed by atoms with Gasteiger partial charge in [0, 0.05) is 12.1 Å². The fourth-order valence-corrected chi connectivity index (χ4v) is 4.45. The predicted molar refractivity (Wildman–Crippen MR) is 96.9 cm³/mol. The fraction of sp³-hybridized carbons (Fsp3) is 0.688. The lowest BCUT2D eigenvalue weighted by atomic mass is 9.67. The zero-order valence-electron chi connectivity index (χ0n) is 14.2. The van der Waals surface area contributed by atoms with E-state index in [0.29, 0.717) is 17.6 Å². The van der Waals surface area contributed by atoms with Crippen molar-refractivity contribution in [3.8, 4) is 0 Å². The number of furan rings is 1. The third kappa shape index (κ3) is 5.20. The molecule has 1 aromatic heterocycles. The monoisotopic (exact) mass is 391 g/mol.